The number of fused-ring (bicyclic) bond motifs is 3. The summed E-state index contributed by atoms with van der Waals surface area (Å²) in [6, 6.07) is 3.86. The minimum absolute atomic E-state index is 0.904. The first-order valence-electron chi connectivity index (χ1n) is 4.80. The second-order valence-corrected chi connectivity index (χ2v) is 3.58. The maximum Gasteiger partial charge on any atom is 0.115 e. The molecule has 0 aromatic carbocycles. The quantitative estimate of drug-likeness (QED) is 0.553. The van der Waals surface area contributed by atoms with Gasteiger partial charge in [0.15, 0.2) is 0 Å². The molecule has 0 bridgehead atoms. The molecule has 0 fully saturated rings. The van der Waals surface area contributed by atoms with E-state index in [1.54, 1.807) is 12.4 Å². The Morgan fingerprint density at radius 2 is 2.07 bits per heavy atom. The number of aromatic nitrogens is 4. The Morgan fingerprint density at radius 1 is 1.20 bits per heavy atom. The van der Waals surface area contributed by atoms with E-state index in [4.69, 9.17) is 0 Å². The fraction of sp³-hybridized carbons (Fsp3) is 0.182. The number of imidazole rings is 1. The molecule has 0 aliphatic heterocycles. The van der Waals surface area contributed by atoms with E-state index in [9.17, 15) is 0 Å². The minimum atomic E-state index is 0.904. The van der Waals surface area contributed by atoms with Crippen molar-refractivity contribution in [1.82, 2.24) is 19.5 Å². The summed E-state index contributed by atoms with van der Waals surface area (Å²) in [5.74, 6) is 0.977. The van der Waals surface area contributed by atoms with Gasteiger partial charge in [0.1, 0.15) is 16.9 Å². The third-order valence-electron chi connectivity index (χ3n) is 2.68. The minimum Gasteiger partial charge on any atom is -0.329 e. The number of rotatable bonds is 0. The lowest BCUT2D eigenvalue weighted by Crippen LogP contribution is -1.92. The van der Waals surface area contributed by atoms with Gasteiger partial charge in [-0.15, -0.1) is 0 Å². The highest BCUT2D eigenvalue weighted by Gasteiger charge is 2.09. The Balaban J connectivity index is 2.63. The van der Waals surface area contributed by atoms with Crippen LogP contribution < -0.4 is 0 Å². The molecule has 3 rings (SSSR count). The van der Waals surface area contributed by atoms with Crippen LogP contribution in [0.4, 0.5) is 0 Å². The van der Waals surface area contributed by atoms with E-state index in [0.717, 1.165) is 27.9 Å². The molecule has 0 radical (unpaired) electrons. The molecule has 0 unspecified atom stereocenters. The molecule has 15 heavy (non-hydrogen) atoms. The van der Waals surface area contributed by atoms with Crippen LogP contribution >= 0.6 is 0 Å². The smallest absolute Gasteiger partial charge is 0.115 e. The molecule has 4 heteroatoms. The van der Waals surface area contributed by atoms with E-state index >= 15 is 0 Å². The third kappa shape index (κ3) is 1.05. The van der Waals surface area contributed by atoms with E-state index in [1.165, 1.54) is 0 Å². The second kappa shape index (κ2) is 2.76. The zero-order chi connectivity index (χ0) is 10.4. The van der Waals surface area contributed by atoms with Crippen molar-refractivity contribution in [3.63, 3.8) is 0 Å². The van der Waals surface area contributed by atoms with Crippen LogP contribution in [0.2, 0.25) is 0 Å². The zero-order valence-electron chi connectivity index (χ0n) is 8.60. The standard InChI is InChI=1S/C11H10N4/c1-7-14-9-6-13-8-4-3-5-12-10(8)11(9)15(7)2/h3-6H,1-2H3. The maximum atomic E-state index is 4.42. The summed E-state index contributed by atoms with van der Waals surface area (Å²) in [4.78, 5) is 13.1. The maximum absolute atomic E-state index is 4.42. The average molecular weight is 198 g/mol. The second-order valence-electron chi connectivity index (χ2n) is 3.58. The van der Waals surface area contributed by atoms with Gasteiger partial charge < -0.3 is 4.57 Å². The number of nitrogens with zero attached hydrogens (tertiary/aromatic N) is 4. The van der Waals surface area contributed by atoms with Crippen molar-refractivity contribution in [3.8, 4) is 0 Å². The van der Waals surface area contributed by atoms with E-state index in [-0.39, 0.29) is 0 Å². The van der Waals surface area contributed by atoms with Gasteiger partial charge in [0.25, 0.3) is 0 Å². The molecule has 3 aromatic rings. The Morgan fingerprint density at radius 3 is 2.93 bits per heavy atom. The molecule has 0 atom stereocenters. The van der Waals surface area contributed by atoms with Crippen LogP contribution in [0, 0.1) is 6.92 Å². The lowest BCUT2D eigenvalue weighted by Gasteiger charge is -2.00. The Bertz CT molecular complexity index is 654. The molecule has 3 heterocycles. The van der Waals surface area contributed by atoms with Gasteiger partial charge in [-0.3, -0.25) is 9.97 Å². The highest BCUT2D eigenvalue weighted by molar-refractivity contribution is 5.99. The molecule has 0 N–H and O–H groups in total. The Kier molecular flexibility index (Phi) is 1.54. The molecule has 0 aliphatic carbocycles. The lowest BCUT2D eigenvalue weighted by molar-refractivity contribution is 0.887. The van der Waals surface area contributed by atoms with E-state index < -0.39 is 0 Å². The van der Waals surface area contributed by atoms with Crippen molar-refractivity contribution in [2.75, 3.05) is 0 Å². The molecular formula is C11H10N4. The summed E-state index contributed by atoms with van der Waals surface area (Å²) in [6.07, 6.45) is 3.58. The van der Waals surface area contributed by atoms with Crippen LogP contribution in [0.3, 0.4) is 0 Å². The molecule has 74 valence electrons. The average Bonchev–Trinajstić information content (AvgIpc) is 2.55. The van der Waals surface area contributed by atoms with Gasteiger partial charge in [0, 0.05) is 13.2 Å². The van der Waals surface area contributed by atoms with Crippen LogP contribution in [-0.4, -0.2) is 19.5 Å². The van der Waals surface area contributed by atoms with Gasteiger partial charge in [-0.1, -0.05) is 0 Å². The first kappa shape index (κ1) is 8.35. The third-order valence-corrected chi connectivity index (χ3v) is 2.68. The normalized spacial score (nSPS) is 11.3. The SMILES string of the molecule is Cc1nc2cnc3cccnc3c2n1C. The zero-order valence-corrected chi connectivity index (χ0v) is 8.60. The molecule has 0 amide bonds. The molecular weight excluding hydrogens is 188 g/mol. The first-order chi connectivity index (χ1) is 7.27. The largest absolute Gasteiger partial charge is 0.329 e. The molecule has 4 nitrogen and oxygen atoms in total. The fourth-order valence-electron chi connectivity index (χ4n) is 1.82. The summed E-state index contributed by atoms with van der Waals surface area (Å²) < 4.78 is 2.05. The molecule has 0 saturated heterocycles. The van der Waals surface area contributed by atoms with Crippen molar-refractivity contribution in [2.24, 2.45) is 7.05 Å². The van der Waals surface area contributed by atoms with Crippen molar-refractivity contribution < 1.29 is 0 Å². The monoisotopic (exact) mass is 198 g/mol. The van der Waals surface area contributed by atoms with Gasteiger partial charge in [-0.05, 0) is 19.1 Å². The number of aryl methyl sites for hydroxylation is 2. The predicted octanol–water partition coefficient (Wildman–Crippen LogP) is 1.82. The Hall–Kier alpha value is -1.97. The van der Waals surface area contributed by atoms with E-state index in [1.807, 2.05) is 30.7 Å². The van der Waals surface area contributed by atoms with Gasteiger partial charge in [0.2, 0.25) is 0 Å². The summed E-state index contributed by atoms with van der Waals surface area (Å²) in [7, 11) is 2.00. The Labute approximate surface area is 86.6 Å². The number of hydrogen-bond donors (Lipinski definition) is 0. The van der Waals surface area contributed by atoms with E-state index in [2.05, 4.69) is 15.0 Å². The van der Waals surface area contributed by atoms with Crippen molar-refractivity contribution >= 4 is 22.1 Å². The van der Waals surface area contributed by atoms with Crippen LogP contribution in [0.1, 0.15) is 5.82 Å². The summed E-state index contributed by atoms with van der Waals surface area (Å²) in [5.41, 5.74) is 3.78. The summed E-state index contributed by atoms with van der Waals surface area (Å²) in [6.45, 7) is 1.98. The summed E-state index contributed by atoms with van der Waals surface area (Å²) >= 11 is 0. The predicted molar refractivity (Wildman–Crippen MR) is 58.5 cm³/mol. The van der Waals surface area contributed by atoms with Crippen molar-refractivity contribution in [1.29, 1.82) is 0 Å². The van der Waals surface area contributed by atoms with Gasteiger partial charge >= 0.3 is 0 Å². The van der Waals surface area contributed by atoms with Crippen LogP contribution in [0.25, 0.3) is 22.1 Å². The first-order valence-corrected chi connectivity index (χ1v) is 4.80. The lowest BCUT2D eigenvalue weighted by atomic mass is 10.3. The topological polar surface area (TPSA) is 43.6 Å². The molecule has 0 saturated carbocycles. The highest BCUT2D eigenvalue weighted by atomic mass is 15.1. The fourth-order valence-corrected chi connectivity index (χ4v) is 1.82. The van der Waals surface area contributed by atoms with Crippen molar-refractivity contribution in [2.45, 2.75) is 6.92 Å². The number of pyridine rings is 2. The van der Waals surface area contributed by atoms with Crippen LogP contribution in [0.15, 0.2) is 24.5 Å². The van der Waals surface area contributed by atoms with Gasteiger partial charge in [-0.25, -0.2) is 4.98 Å². The van der Waals surface area contributed by atoms with E-state index in [0.29, 0.717) is 0 Å². The highest BCUT2D eigenvalue weighted by Crippen LogP contribution is 2.21. The number of hydrogen-bond acceptors (Lipinski definition) is 3. The molecule has 0 spiro atoms. The van der Waals surface area contributed by atoms with Gasteiger partial charge in [-0.2, -0.15) is 0 Å². The van der Waals surface area contributed by atoms with Gasteiger partial charge in [0.05, 0.1) is 17.2 Å². The summed E-state index contributed by atoms with van der Waals surface area (Å²) in [5, 5.41) is 0. The molecule has 0 aliphatic rings. The molecule has 3 aromatic heterocycles. The van der Waals surface area contributed by atoms with Crippen molar-refractivity contribution in [3.05, 3.63) is 30.4 Å². The van der Waals surface area contributed by atoms with Crippen LogP contribution in [0.5, 0.6) is 0 Å². The van der Waals surface area contributed by atoms with Crippen LogP contribution in [-0.2, 0) is 7.05 Å².